The van der Waals surface area contributed by atoms with Gasteiger partial charge in [0.2, 0.25) is 0 Å². The second-order valence-electron chi connectivity index (χ2n) is 8.97. The van der Waals surface area contributed by atoms with Crippen LogP contribution in [0.4, 0.5) is 0 Å². The molecule has 6 atom stereocenters. The summed E-state index contributed by atoms with van der Waals surface area (Å²) in [5.74, 6) is 1.64. The Morgan fingerprint density at radius 3 is 2.96 bits per heavy atom. The van der Waals surface area contributed by atoms with Gasteiger partial charge in [0.15, 0.2) is 0 Å². The summed E-state index contributed by atoms with van der Waals surface area (Å²) in [6.07, 6.45) is 8.34. The third kappa shape index (κ3) is 2.48. The first-order valence-electron chi connectivity index (χ1n) is 10.8. The maximum absolute atomic E-state index is 12.7. The van der Waals surface area contributed by atoms with E-state index in [0.717, 1.165) is 31.6 Å². The van der Waals surface area contributed by atoms with Crippen molar-refractivity contribution in [2.24, 2.45) is 11.8 Å². The van der Waals surface area contributed by atoms with Gasteiger partial charge in [0.05, 0.1) is 19.6 Å². The lowest BCUT2D eigenvalue weighted by Crippen LogP contribution is -2.70. The highest BCUT2D eigenvalue weighted by molar-refractivity contribution is 5.74. The molecule has 3 aliphatic heterocycles. The van der Waals surface area contributed by atoms with Gasteiger partial charge >= 0.3 is 5.97 Å². The van der Waals surface area contributed by atoms with Crippen LogP contribution in [-0.2, 0) is 21.4 Å². The molecular weight excluding hydrogens is 338 g/mol. The van der Waals surface area contributed by atoms with Crippen LogP contribution in [0.5, 0.6) is 5.75 Å². The quantitative estimate of drug-likeness (QED) is 0.762. The summed E-state index contributed by atoms with van der Waals surface area (Å²) in [5.41, 5.74) is 3.26. The lowest BCUT2D eigenvalue weighted by molar-refractivity contribution is -0.167. The molecule has 5 unspecified atom stereocenters. The first kappa shape index (κ1) is 17.5. The lowest BCUT2D eigenvalue weighted by atomic mass is 9.48. The molecule has 3 heterocycles. The van der Waals surface area contributed by atoms with Crippen molar-refractivity contribution >= 4 is 5.97 Å². The first-order chi connectivity index (χ1) is 13.2. The number of rotatable bonds is 3. The van der Waals surface area contributed by atoms with E-state index in [1.165, 1.54) is 36.8 Å². The Labute approximate surface area is 162 Å². The highest BCUT2D eigenvalue weighted by Crippen LogP contribution is 2.61. The highest BCUT2D eigenvalue weighted by atomic mass is 16.5. The van der Waals surface area contributed by atoms with Crippen LogP contribution < -0.4 is 4.74 Å². The van der Waals surface area contributed by atoms with Gasteiger partial charge in [-0.05, 0) is 74.8 Å². The summed E-state index contributed by atoms with van der Waals surface area (Å²) < 4.78 is 11.1. The number of carbonyl (C=O) groups is 1. The second kappa shape index (κ2) is 6.51. The highest BCUT2D eigenvalue weighted by Gasteiger charge is 2.62. The third-order valence-electron chi connectivity index (χ3n) is 7.98. The summed E-state index contributed by atoms with van der Waals surface area (Å²) in [5, 5.41) is 0. The number of methoxy groups -OCH3 is 1. The number of nitrogens with zero attached hydrogens (tertiary/aromatic N) is 1. The molecule has 5 bridgehead atoms. The molecule has 6 rings (SSSR count). The molecular formula is C23H31NO3. The predicted octanol–water partition coefficient (Wildman–Crippen LogP) is 3.71. The normalized spacial score (nSPS) is 39.1. The van der Waals surface area contributed by atoms with E-state index >= 15 is 0 Å². The van der Waals surface area contributed by atoms with Crippen molar-refractivity contribution < 1.29 is 14.3 Å². The van der Waals surface area contributed by atoms with E-state index < -0.39 is 0 Å². The predicted molar refractivity (Wildman–Crippen MR) is 104 cm³/mol. The zero-order chi connectivity index (χ0) is 18.6. The maximum Gasteiger partial charge on any atom is 0.310 e. The van der Waals surface area contributed by atoms with Crippen molar-refractivity contribution in [3.63, 3.8) is 0 Å². The van der Waals surface area contributed by atoms with E-state index in [2.05, 4.69) is 23.1 Å². The molecule has 27 heavy (non-hydrogen) atoms. The monoisotopic (exact) mass is 369 g/mol. The average molecular weight is 370 g/mol. The summed E-state index contributed by atoms with van der Waals surface area (Å²) in [7, 11) is 1.76. The molecule has 0 amide bonds. The van der Waals surface area contributed by atoms with Crippen molar-refractivity contribution in [1.29, 1.82) is 0 Å². The molecule has 0 N–H and O–H groups in total. The van der Waals surface area contributed by atoms with Crippen LogP contribution in [-0.4, -0.2) is 43.2 Å². The molecule has 4 heteroatoms. The van der Waals surface area contributed by atoms with Crippen LogP contribution in [0, 0.1) is 11.8 Å². The van der Waals surface area contributed by atoms with E-state index in [1.807, 2.05) is 6.92 Å². The number of piperidine rings is 2. The molecule has 0 aromatic heterocycles. The Morgan fingerprint density at radius 2 is 2.15 bits per heavy atom. The van der Waals surface area contributed by atoms with Crippen LogP contribution in [0.15, 0.2) is 18.2 Å². The smallest absolute Gasteiger partial charge is 0.310 e. The third-order valence-corrected chi connectivity index (χ3v) is 7.98. The van der Waals surface area contributed by atoms with Crippen LogP contribution in [0.2, 0.25) is 0 Å². The number of ether oxygens (including phenoxy) is 2. The summed E-state index contributed by atoms with van der Waals surface area (Å²) in [6, 6.07) is 7.67. The van der Waals surface area contributed by atoms with Gasteiger partial charge in [-0.1, -0.05) is 18.9 Å². The lowest BCUT2D eigenvalue weighted by Gasteiger charge is -2.65. The molecule has 3 saturated heterocycles. The number of esters is 1. The summed E-state index contributed by atoms with van der Waals surface area (Å²) >= 11 is 0. The van der Waals surface area contributed by atoms with Crippen LogP contribution in [0.1, 0.15) is 56.6 Å². The number of fused-ring (bicyclic) bond motifs is 2. The number of hydrogen-bond acceptors (Lipinski definition) is 4. The van der Waals surface area contributed by atoms with Crippen LogP contribution in [0.25, 0.3) is 0 Å². The Balaban J connectivity index is 1.62. The summed E-state index contributed by atoms with van der Waals surface area (Å²) in [4.78, 5) is 15.5. The zero-order valence-electron chi connectivity index (χ0n) is 16.6. The molecule has 1 aromatic carbocycles. The van der Waals surface area contributed by atoms with Crippen LogP contribution in [0.3, 0.4) is 0 Å². The van der Waals surface area contributed by atoms with Crippen molar-refractivity contribution in [1.82, 2.24) is 4.90 Å². The Kier molecular flexibility index (Phi) is 4.23. The number of benzene rings is 1. The molecule has 2 aliphatic carbocycles. The number of hydrogen-bond donors (Lipinski definition) is 0. The minimum absolute atomic E-state index is 0.0373. The van der Waals surface area contributed by atoms with Gasteiger partial charge in [0, 0.05) is 17.5 Å². The molecule has 1 saturated carbocycles. The maximum atomic E-state index is 12.7. The topological polar surface area (TPSA) is 38.8 Å². The largest absolute Gasteiger partial charge is 0.497 e. The fraction of sp³-hybridized carbons (Fsp3) is 0.696. The number of carbonyl (C=O) groups excluding carboxylic acids is 1. The molecule has 4 fully saturated rings. The van der Waals surface area contributed by atoms with Crippen molar-refractivity contribution in [3.8, 4) is 5.75 Å². The van der Waals surface area contributed by atoms with Crippen LogP contribution >= 0.6 is 0 Å². The fourth-order valence-electron chi connectivity index (χ4n) is 6.96. The van der Waals surface area contributed by atoms with Gasteiger partial charge < -0.3 is 9.47 Å². The molecule has 0 radical (unpaired) electrons. The van der Waals surface area contributed by atoms with E-state index in [9.17, 15) is 4.79 Å². The SMILES string of the molecule is CCOC(=O)C1CC2C3Cc4ccc(OC)cc4[C@@]24CCCCCN3C1C4. The Hall–Kier alpha value is -1.55. The van der Waals surface area contributed by atoms with E-state index in [1.54, 1.807) is 7.11 Å². The molecule has 146 valence electrons. The van der Waals surface area contributed by atoms with E-state index in [-0.39, 0.29) is 17.3 Å². The van der Waals surface area contributed by atoms with E-state index in [4.69, 9.17) is 9.47 Å². The second-order valence-corrected chi connectivity index (χ2v) is 8.97. The molecule has 5 aliphatic rings. The first-order valence-corrected chi connectivity index (χ1v) is 10.8. The van der Waals surface area contributed by atoms with Gasteiger partial charge in [-0.2, -0.15) is 0 Å². The van der Waals surface area contributed by atoms with Gasteiger partial charge in [-0.25, -0.2) is 0 Å². The van der Waals surface area contributed by atoms with Gasteiger partial charge in [-0.15, -0.1) is 0 Å². The molecule has 0 spiro atoms. The minimum Gasteiger partial charge on any atom is -0.497 e. The molecule has 1 aromatic rings. The minimum atomic E-state index is 0.0373. The molecule has 4 nitrogen and oxygen atoms in total. The average Bonchev–Trinajstić information content (AvgIpc) is 2.79. The summed E-state index contributed by atoms with van der Waals surface area (Å²) in [6.45, 7) is 3.55. The standard InChI is InChI=1S/C23H31NO3/c1-3-27-22(25)17-13-19-20-11-15-7-8-16(26-2)12-18(15)23(19)9-5-4-6-10-24(20)21(17)14-23/h7-8,12,17,19-21H,3-6,9-11,13-14H2,1-2H3/t17?,19?,20?,21?,23-/m0/s1. The van der Waals surface area contributed by atoms with Gasteiger partial charge in [0.25, 0.3) is 0 Å². The zero-order valence-corrected chi connectivity index (χ0v) is 16.6. The Morgan fingerprint density at radius 1 is 1.26 bits per heavy atom. The van der Waals surface area contributed by atoms with E-state index in [0.29, 0.717) is 24.6 Å². The fourth-order valence-corrected chi connectivity index (χ4v) is 6.96. The van der Waals surface area contributed by atoms with Crippen molar-refractivity contribution in [2.45, 2.75) is 69.4 Å². The van der Waals surface area contributed by atoms with Crippen molar-refractivity contribution in [2.75, 3.05) is 20.3 Å². The van der Waals surface area contributed by atoms with Gasteiger partial charge in [0.1, 0.15) is 5.75 Å². The van der Waals surface area contributed by atoms with Crippen molar-refractivity contribution in [3.05, 3.63) is 29.3 Å². The Bertz CT molecular complexity index is 747. The van der Waals surface area contributed by atoms with Gasteiger partial charge in [-0.3, -0.25) is 9.69 Å².